The summed E-state index contributed by atoms with van der Waals surface area (Å²) in [5.41, 5.74) is 9.08. The van der Waals surface area contributed by atoms with E-state index in [1.807, 2.05) is 30.0 Å². The molecule has 0 saturated carbocycles. The zero-order valence-electron chi connectivity index (χ0n) is 12.4. The van der Waals surface area contributed by atoms with Crippen molar-refractivity contribution in [1.29, 1.82) is 0 Å². The Morgan fingerprint density at radius 2 is 2.19 bits per heavy atom. The lowest BCUT2D eigenvalue weighted by molar-refractivity contribution is 0.0971. The number of nitrogen functional groups attached to an aromatic ring is 1. The molecule has 0 aliphatic carbocycles. The number of aromatic nitrogens is 2. The Hall–Kier alpha value is -2.30. The quantitative estimate of drug-likeness (QED) is 0.920. The fourth-order valence-electron chi connectivity index (χ4n) is 2.99. The highest BCUT2D eigenvalue weighted by Crippen LogP contribution is 2.31. The zero-order valence-corrected chi connectivity index (χ0v) is 12.4. The Balaban J connectivity index is 2.04. The van der Waals surface area contributed by atoms with Crippen LogP contribution in [0.3, 0.4) is 0 Å². The SMILES string of the molecule is CCn1ncc(N)c1C(=O)N1CC(C)Cc2ccccc21. The molecule has 3 rings (SSSR count). The second kappa shape index (κ2) is 5.24. The van der Waals surface area contributed by atoms with Gasteiger partial charge in [-0.25, -0.2) is 0 Å². The molecular weight excluding hydrogens is 264 g/mol. The van der Waals surface area contributed by atoms with Gasteiger partial charge in [-0.3, -0.25) is 9.48 Å². The number of carbonyl (C=O) groups excluding carboxylic acids is 1. The van der Waals surface area contributed by atoms with Crippen molar-refractivity contribution >= 4 is 17.3 Å². The largest absolute Gasteiger partial charge is 0.396 e. The van der Waals surface area contributed by atoms with Crippen molar-refractivity contribution in [3.8, 4) is 0 Å². The summed E-state index contributed by atoms with van der Waals surface area (Å²) in [4.78, 5) is 14.8. The van der Waals surface area contributed by atoms with Gasteiger partial charge >= 0.3 is 0 Å². The minimum atomic E-state index is -0.0640. The summed E-state index contributed by atoms with van der Waals surface area (Å²) in [6, 6.07) is 8.08. The van der Waals surface area contributed by atoms with Crippen LogP contribution in [0.1, 0.15) is 29.9 Å². The third kappa shape index (κ3) is 2.28. The standard InChI is InChI=1S/C16H20N4O/c1-3-20-15(13(17)9-18-20)16(21)19-10-11(2)8-12-6-4-5-7-14(12)19/h4-7,9,11H,3,8,10,17H2,1-2H3. The molecule has 5 nitrogen and oxygen atoms in total. The monoisotopic (exact) mass is 284 g/mol. The van der Waals surface area contributed by atoms with Crippen LogP contribution in [0.4, 0.5) is 11.4 Å². The van der Waals surface area contributed by atoms with Gasteiger partial charge in [0.25, 0.3) is 5.91 Å². The summed E-state index contributed by atoms with van der Waals surface area (Å²) in [6.45, 7) is 5.46. The normalized spacial score (nSPS) is 17.6. The summed E-state index contributed by atoms with van der Waals surface area (Å²) in [7, 11) is 0. The molecule has 0 saturated heterocycles. The first kappa shape index (κ1) is 13.7. The Kier molecular flexibility index (Phi) is 3.41. The van der Waals surface area contributed by atoms with Crippen molar-refractivity contribution in [3.05, 3.63) is 41.7 Å². The molecule has 1 amide bonds. The van der Waals surface area contributed by atoms with Gasteiger partial charge in [0.15, 0.2) is 0 Å². The minimum absolute atomic E-state index is 0.0640. The lowest BCUT2D eigenvalue weighted by Gasteiger charge is -2.33. The number of fused-ring (bicyclic) bond motifs is 1. The first-order valence-corrected chi connectivity index (χ1v) is 7.32. The molecule has 2 heterocycles. The second-order valence-corrected chi connectivity index (χ2v) is 5.62. The lowest BCUT2D eigenvalue weighted by atomic mass is 9.93. The topological polar surface area (TPSA) is 64.2 Å². The second-order valence-electron chi connectivity index (χ2n) is 5.62. The van der Waals surface area contributed by atoms with Crippen molar-refractivity contribution in [3.63, 3.8) is 0 Å². The number of hydrogen-bond acceptors (Lipinski definition) is 3. The van der Waals surface area contributed by atoms with Gasteiger partial charge in [0, 0.05) is 18.8 Å². The van der Waals surface area contributed by atoms with E-state index in [0.717, 1.165) is 12.1 Å². The number of rotatable bonds is 2. The summed E-state index contributed by atoms with van der Waals surface area (Å²) >= 11 is 0. The number of nitrogens with two attached hydrogens (primary N) is 1. The van der Waals surface area contributed by atoms with Crippen LogP contribution in [0.2, 0.25) is 0 Å². The summed E-state index contributed by atoms with van der Waals surface area (Å²) in [5, 5.41) is 4.17. The van der Waals surface area contributed by atoms with E-state index in [1.54, 1.807) is 10.9 Å². The molecule has 21 heavy (non-hydrogen) atoms. The number of carbonyl (C=O) groups is 1. The first-order chi connectivity index (χ1) is 10.1. The number of para-hydroxylation sites is 1. The Morgan fingerprint density at radius 1 is 1.43 bits per heavy atom. The van der Waals surface area contributed by atoms with E-state index in [1.165, 1.54) is 5.56 Å². The van der Waals surface area contributed by atoms with E-state index in [-0.39, 0.29) is 5.91 Å². The number of aryl methyl sites for hydroxylation is 1. The third-order valence-electron chi connectivity index (χ3n) is 3.96. The molecule has 1 aromatic heterocycles. The van der Waals surface area contributed by atoms with Gasteiger partial charge in [-0.2, -0.15) is 5.10 Å². The summed E-state index contributed by atoms with van der Waals surface area (Å²) in [6.07, 6.45) is 2.55. The van der Waals surface area contributed by atoms with E-state index in [9.17, 15) is 4.79 Å². The van der Waals surface area contributed by atoms with Crippen LogP contribution in [0.5, 0.6) is 0 Å². The predicted octanol–water partition coefficient (Wildman–Crippen LogP) is 2.32. The molecule has 110 valence electrons. The molecule has 1 aromatic carbocycles. The first-order valence-electron chi connectivity index (χ1n) is 7.32. The zero-order chi connectivity index (χ0) is 15.0. The van der Waals surface area contributed by atoms with Crippen LogP contribution in [0, 0.1) is 5.92 Å². The molecule has 0 radical (unpaired) electrons. The average Bonchev–Trinajstić information content (AvgIpc) is 2.86. The third-order valence-corrected chi connectivity index (χ3v) is 3.96. The molecule has 2 aromatic rings. The average molecular weight is 284 g/mol. The summed E-state index contributed by atoms with van der Waals surface area (Å²) < 4.78 is 1.67. The van der Waals surface area contributed by atoms with E-state index in [4.69, 9.17) is 5.73 Å². The van der Waals surface area contributed by atoms with Crippen molar-refractivity contribution < 1.29 is 4.79 Å². The maximum atomic E-state index is 13.0. The Labute approximate surface area is 124 Å². The number of benzene rings is 1. The van der Waals surface area contributed by atoms with Crippen molar-refractivity contribution in [2.24, 2.45) is 5.92 Å². The van der Waals surface area contributed by atoms with Crippen molar-refractivity contribution in [1.82, 2.24) is 9.78 Å². The number of anilines is 2. The fourth-order valence-corrected chi connectivity index (χ4v) is 2.99. The summed E-state index contributed by atoms with van der Waals surface area (Å²) in [5.74, 6) is 0.369. The molecule has 1 unspecified atom stereocenters. The van der Waals surface area contributed by atoms with E-state index in [2.05, 4.69) is 18.1 Å². The minimum Gasteiger partial charge on any atom is -0.396 e. The molecule has 0 spiro atoms. The van der Waals surface area contributed by atoms with E-state index < -0.39 is 0 Å². The van der Waals surface area contributed by atoms with Crippen LogP contribution < -0.4 is 10.6 Å². The van der Waals surface area contributed by atoms with Gasteiger partial charge in [-0.1, -0.05) is 25.1 Å². The lowest BCUT2D eigenvalue weighted by Crippen LogP contribution is -2.40. The van der Waals surface area contributed by atoms with Gasteiger partial charge in [-0.05, 0) is 30.9 Å². The van der Waals surface area contributed by atoms with Gasteiger partial charge in [-0.15, -0.1) is 0 Å². The Bertz CT molecular complexity index is 677. The van der Waals surface area contributed by atoms with E-state index in [0.29, 0.717) is 30.4 Å². The van der Waals surface area contributed by atoms with Crippen molar-refractivity contribution in [2.75, 3.05) is 17.2 Å². The van der Waals surface area contributed by atoms with Crippen LogP contribution >= 0.6 is 0 Å². The maximum absolute atomic E-state index is 13.0. The van der Waals surface area contributed by atoms with Gasteiger partial charge in [0.2, 0.25) is 0 Å². The highest BCUT2D eigenvalue weighted by Gasteiger charge is 2.29. The molecular formula is C16H20N4O. The number of hydrogen-bond donors (Lipinski definition) is 1. The van der Waals surface area contributed by atoms with Crippen LogP contribution in [-0.4, -0.2) is 22.2 Å². The molecule has 1 aliphatic heterocycles. The van der Waals surface area contributed by atoms with Gasteiger partial charge in [0.05, 0.1) is 11.9 Å². The van der Waals surface area contributed by atoms with Crippen molar-refractivity contribution in [2.45, 2.75) is 26.8 Å². The predicted molar refractivity (Wildman–Crippen MR) is 83.3 cm³/mol. The maximum Gasteiger partial charge on any atom is 0.278 e. The molecule has 1 aliphatic rings. The highest BCUT2D eigenvalue weighted by molar-refractivity contribution is 6.08. The number of nitrogens with zero attached hydrogens (tertiary/aromatic N) is 3. The number of amides is 1. The molecule has 5 heteroatoms. The fraction of sp³-hybridized carbons (Fsp3) is 0.375. The van der Waals surface area contributed by atoms with Gasteiger partial charge in [0.1, 0.15) is 5.69 Å². The molecule has 0 bridgehead atoms. The Morgan fingerprint density at radius 3 is 2.95 bits per heavy atom. The highest BCUT2D eigenvalue weighted by atomic mass is 16.2. The smallest absolute Gasteiger partial charge is 0.278 e. The van der Waals surface area contributed by atoms with Crippen LogP contribution in [0.25, 0.3) is 0 Å². The van der Waals surface area contributed by atoms with Crippen LogP contribution in [0.15, 0.2) is 30.5 Å². The van der Waals surface area contributed by atoms with Crippen LogP contribution in [-0.2, 0) is 13.0 Å². The molecule has 1 atom stereocenters. The molecule has 2 N–H and O–H groups in total. The van der Waals surface area contributed by atoms with E-state index >= 15 is 0 Å². The molecule has 0 fully saturated rings. The van der Waals surface area contributed by atoms with Gasteiger partial charge < -0.3 is 10.6 Å².